The van der Waals surface area contributed by atoms with Crippen molar-refractivity contribution in [2.75, 3.05) is 46.3 Å². The maximum absolute atomic E-state index is 9.54. The van der Waals surface area contributed by atoms with Gasteiger partial charge in [-0.2, -0.15) is 5.26 Å². The van der Waals surface area contributed by atoms with Crippen LogP contribution in [0.2, 0.25) is 0 Å². The third-order valence-electron chi connectivity index (χ3n) is 4.48. The van der Waals surface area contributed by atoms with Gasteiger partial charge >= 0.3 is 0 Å². The van der Waals surface area contributed by atoms with Crippen molar-refractivity contribution in [2.24, 2.45) is 11.8 Å². The normalized spacial score (nSPS) is 25.2. The number of piperazine rings is 1. The van der Waals surface area contributed by atoms with E-state index in [0.717, 1.165) is 38.6 Å². The van der Waals surface area contributed by atoms with E-state index in [1.165, 1.54) is 19.4 Å². The molecule has 0 aromatic heterocycles. The topological polar surface area (TPSA) is 42.3 Å². The van der Waals surface area contributed by atoms with Crippen molar-refractivity contribution in [3.63, 3.8) is 0 Å². The van der Waals surface area contributed by atoms with Gasteiger partial charge in [0.2, 0.25) is 0 Å². The van der Waals surface area contributed by atoms with Crippen LogP contribution in [-0.4, -0.2) is 61.7 Å². The van der Waals surface area contributed by atoms with Crippen molar-refractivity contribution in [2.45, 2.75) is 32.2 Å². The molecule has 4 heteroatoms. The van der Waals surface area contributed by atoms with Gasteiger partial charge in [-0.15, -0.1) is 0 Å². The minimum absolute atomic E-state index is 0.305. The van der Waals surface area contributed by atoms with Crippen LogP contribution in [0, 0.1) is 23.2 Å². The molecule has 2 rings (SSSR count). The van der Waals surface area contributed by atoms with E-state index in [4.69, 9.17) is 0 Å². The van der Waals surface area contributed by atoms with E-state index in [0.29, 0.717) is 5.92 Å². The number of hydrogen-bond acceptors (Lipinski definition) is 4. The number of nitrogens with zero attached hydrogens (tertiary/aromatic N) is 3. The lowest BCUT2D eigenvalue weighted by Gasteiger charge is -2.39. The third-order valence-corrected chi connectivity index (χ3v) is 4.48. The molecular formula is C15H28N4. The lowest BCUT2D eigenvalue weighted by Crippen LogP contribution is -2.57. The van der Waals surface area contributed by atoms with Gasteiger partial charge in [-0.05, 0) is 31.7 Å². The first-order chi connectivity index (χ1) is 9.09. The first kappa shape index (κ1) is 14.8. The molecule has 2 fully saturated rings. The molecule has 1 aliphatic heterocycles. The summed E-state index contributed by atoms with van der Waals surface area (Å²) in [6, 6.07) is 2.55. The molecule has 0 amide bonds. The van der Waals surface area contributed by atoms with Gasteiger partial charge in [0, 0.05) is 39.3 Å². The predicted octanol–water partition coefficient (Wildman–Crippen LogP) is 1.15. The molecule has 0 spiro atoms. The van der Waals surface area contributed by atoms with Gasteiger partial charge < -0.3 is 10.2 Å². The Morgan fingerprint density at radius 2 is 1.79 bits per heavy atom. The zero-order valence-electron chi connectivity index (χ0n) is 12.7. The molecule has 0 aromatic rings. The van der Waals surface area contributed by atoms with Crippen LogP contribution >= 0.6 is 0 Å². The Balaban J connectivity index is 1.83. The predicted molar refractivity (Wildman–Crippen MR) is 77.8 cm³/mol. The molecule has 1 atom stereocenters. The second kappa shape index (κ2) is 6.21. The number of hydrogen-bond donors (Lipinski definition) is 1. The fourth-order valence-electron chi connectivity index (χ4n) is 3.17. The quantitative estimate of drug-likeness (QED) is 0.781. The Hall–Kier alpha value is -0.630. The van der Waals surface area contributed by atoms with E-state index in [-0.39, 0.29) is 5.54 Å². The van der Waals surface area contributed by atoms with E-state index in [2.05, 4.69) is 35.0 Å². The molecule has 19 heavy (non-hydrogen) atoms. The highest BCUT2D eigenvalue weighted by Gasteiger charge is 2.45. The Bertz CT molecular complexity index is 324. The van der Waals surface area contributed by atoms with Gasteiger partial charge in [0.05, 0.1) is 6.07 Å². The van der Waals surface area contributed by atoms with Gasteiger partial charge in [0.15, 0.2) is 0 Å². The number of nitriles is 1. The lowest BCUT2D eigenvalue weighted by atomic mass is 9.94. The Labute approximate surface area is 117 Å². The standard InChI is InChI=1S/C15H28N4/c1-13(2)10-18-6-8-19(9-7-18)12-15(11-16,17-3)14-4-5-14/h13-14,17H,4-10,12H2,1-3H3. The molecule has 0 radical (unpaired) electrons. The summed E-state index contributed by atoms with van der Waals surface area (Å²) < 4.78 is 0. The highest BCUT2D eigenvalue weighted by molar-refractivity contribution is 5.16. The maximum Gasteiger partial charge on any atom is 0.122 e. The average Bonchev–Trinajstić information content (AvgIpc) is 3.22. The molecule has 4 nitrogen and oxygen atoms in total. The fourth-order valence-corrected chi connectivity index (χ4v) is 3.17. The van der Waals surface area contributed by atoms with Crippen LogP contribution < -0.4 is 5.32 Å². The highest BCUT2D eigenvalue weighted by atomic mass is 15.3. The second-order valence-corrected chi connectivity index (χ2v) is 6.58. The minimum Gasteiger partial charge on any atom is -0.301 e. The molecule has 108 valence electrons. The Kier molecular flexibility index (Phi) is 4.83. The van der Waals surface area contributed by atoms with E-state index in [1.807, 2.05) is 7.05 Å². The van der Waals surface area contributed by atoms with Gasteiger partial charge in [-0.3, -0.25) is 4.90 Å². The zero-order valence-corrected chi connectivity index (χ0v) is 12.7. The summed E-state index contributed by atoms with van der Waals surface area (Å²) in [5, 5.41) is 12.8. The van der Waals surface area contributed by atoms with E-state index >= 15 is 0 Å². The largest absolute Gasteiger partial charge is 0.301 e. The monoisotopic (exact) mass is 264 g/mol. The SMILES string of the molecule is CNC(C#N)(CN1CCN(CC(C)C)CC1)C1CC1. The molecular weight excluding hydrogens is 236 g/mol. The van der Waals surface area contributed by atoms with Gasteiger partial charge in [0.25, 0.3) is 0 Å². The van der Waals surface area contributed by atoms with Crippen LogP contribution in [0.1, 0.15) is 26.7 Å². The van der Waals surface area contributed by atoms with Crippen molar-refractivity contribution in [3.8, 4) is 6.07 Å². The number of nitrogens with one attached hydrogen (secondary N) is 1. The average molecular weight is 264 g/mol. The maximum atomic E-state index is 9.54. The van der Waals surface area contributed by atoms with E-state index in [1.54, 1.807) is 0 Å². The van der Waals surface area contributed by atoms with Crippen LogP contribution in [0.3, 0.4) is 0 Å². The van der Waals surface area contributed by atoms with Crippen molar-refractivity contribution in [1.82, 2.24) is 15.1 Å². The molecule has 1 heterocycles. The molecule has 1 saturated heterocycles. The molecule has 1 unspecified atom stereocenters. The smallest absolute Gasteiger partial charge is 0.122 e. The first-order valence-electron chi connectivity index (χ1n) is 7.64. The van der Waals surface area contributed by atoms with Gasteiger partial charge in [-0.25, -0.2) is 0 Å². The van der Waals surface area contributed by atoms with Crippen LogP contribution in [0.25, 0.3) is 0 Å². The fraction of sp³-hybridized carbons (Fsp3) is 0.933. The summed E-state index contributed by atoms with van der Waals surface area (Å²) in [7, 11) is 1.94. The lowest BCUT2D eigenvalue weighted by molar-refractivity contribution is 0.101. The third kappa shape index (κ3) is 3.68. The molecule has 0 bridgehead atoms. The van der Waals surface area contributed by atoms with Crippen LogP contribution in [0.15, 0.2) is 0 Å². The Morgan fingerprint density at radius 3 is 2.21 bits per heavy atom. The number of rotatable bonds is 6. The Morgan fingerprint density at radius 1 is 1.21 bits per heavy atom. The van der Waals surface area contributed by atoms with Gasteiger partial charge in [0.1, 0.15) is 5.54 Å². The zero-order chi connectivity index (χ0) is 13.9. The van der Waals surface area contributed by atoms with E-state index < -0.39 is 0 Å². The molecule has 1 N–H and O–H groups in total. The first-order valence-corrected chi connectivity index (χ1v) is 7.64. The molecule has 1 saturated carbocycles. The van der Waals surface area contributed by atoms with Crippen molar-refractivity contribution < 1.29 is 0 Å². The van der Waals surface area contributed by atoms with Crippen LogP contribution in [0.5, 0.6) is 0 Å². The highest BCUT2D eigenvalue weighted by Crippen LogP contribution is 2.39. The van der Waals surface area contributed by atoms with Crippen molar-refractivity contribution in [1.29, 1.82) is 5.26 Å². The van der Waals surface area contributed by atoms with E-state index in [9.17, 15) is 5.26 Å². The molecule has 1 aliphatic carbocycles. The second-order valence-electron chi connectivity index (χ2n) is 6.58. The summed E-state index contributed by atoms with van der Waals surface area (Å²) >= 11 is 0. The summed E-state index contributed by atoms with van der Waals surface area (Å²) in [5.41, 5.74) is -0.305. The van der Waals surface area contributed by atoms with Crippen molar-refractivity contribution in [3.05, 3.63) is 0 Å². The van der Waals surface area contributed by atoms with Crippen LogP contribution in [-0.2, 0) is 0 Å². The van der Waals surface area contributed by atoms with Crippen LogP contribution in [0.4, 0.5) is 0 Å². The summed E-state index contributed by atoms with van der Waals surface area (Å²) in [6.07, 6.45) is 2.42. The van der Waals surface area contributed by atoms with Gasteiger partial charge in [-0.1, -0.05) is 13.8 Å². The summed E-state index contributed by atoms with van der Waals surface area (Å²) in [4.78, 5) is 5.01. The summed E-state index contributed by atoms with van der Waals surface area (Å²) in [5.74, 6) is 1.31. The van der Waals surface area contributed by atoms with Crippen molar-refractivity contribution >= 4 is 0 Å². The molecule has 0 aromatic carbocycles. The number of likely N-dealkylation sites (N-methyl/N-ethyl adjacent to an activating group) is 1. The molecule has 2 aliphatic rings. The minimum atomic E-state index is -0.305. The summed E-state index contributed by atoms with van der Waals surface area (Å²) in [6.45, 7) is 11.1.